The summed E-state index contributed by atoms with van der Waals surface area (Å²) in [6.45, 7) is 2.24. The van der Waals surface area contributed by atoms with Crippen molar-refractivity contribution in [2.75, 3.05) is 29.9 Å². The molecule has 1 amide bonds. The SMILES string of the molecule is O=C(Nc1ccc(F)cc1)[C@H]1Cc2cc(C(F)(F)F)ccc2N2CCN(C3CCCC3)C[C@@H]12. The van der Waals surface area contributed by atoms with Gasteiger partial charge in [0.1, 0.15) is 5.82 Å². The summed E-state index contributed by atoms with van der Waals surface area (Å²) in [6, 6.07) is 9.82. The number of carbonyl (C=O) groups excluding carboxylic acids is 1. The van der Waals surface area contributed by atoms with Crippen LogP contribution in [0, 0.1) is 11.7 Å². The number of hydrogen-bond acceptors (Lipinski definition) is 3. The molecule has 0 spiro atoms. The van der Waals surface area contributed by atoms with Crippen LogP contribution in [-0.2, 0) is 17.4 Å². The van der Waals surface area contributed by atoms with Crippen LogP contribution in [0.15, 0.2) is 42.5 Å². The van der Waals surface area contributed by atoms with Crippen molar-refractivity contribution in [1.29, 1.82) is 0 Å². The second-order valence-electron chi connectivity index (χ2n) is 9.34. The smallest absolute Gasteiger partial charge is 0.365 e. The third-order valence-electron chi connectivity index (χ3n) is 7.36. The first-order valence-electron chi connectivity index (χ1n) is 11.6. The average molecular weight is 462 g/mol. The predicted octanol–water partition coefficient (Wildman–Crippen LogP) is 5.09. The number of carbonyl (C=O) groups is 1. The van der Waals surface area contributed by atoms with Gasteiger partial charge in [0.2, 0.25) is 5.91 Å². The number of nitrogens with zero attached hydrogens (tertiary/aromatic N) is 2. The van der Waals surface area contributed by atoms with E-state index in [2.05, 4.69) is 15.1 Å². The molecule has 3 aliphatic rings. The normalized spacial score (nSPS) is 23.8. The van der Waals surface area contributed by atoms with Crippen molar-refractivity contribution in [3.63, 3.8) is 0 Å². The minimum atomic E-state index is -4.43. The summed E-state index contributed by atoms with van der Waals surface area (Å²) in [6.07, 6.45) is 0.556. The fraction of sp³-hybridized carbons (Fsp3) is 0.480. The van der Waals surface area contributed by atoms with E-state index in [0.717, 1.165) is 31.1 Å². The lowest BCUT2D eigenvalue weighted by Crippen LogP contribution is -2.61. The highest BCUT2D eigenvalue weighted by Crippen LogP contribution is 2.41. The summed E-state index contributed by atoms with van der Waals surface area (Å²) in [4.78, 5) is 17.9. The van der Waals surface area contributed by atoms with E-state index in [1.165, 1.54) is 43.2 Å². The number of amides is 1. The van der Waals surface area contributed by atoms with Gasteiger partial charge in [0, 0.05) is 37.1 Å². The highest BCUT2D eigenvalue weighted by molar-refractivity contribution is 5.94. The van der Waals surface area contributed by atoms with Gasteiger partial charge in [0.25, 0.3) is 0 Å². The van der Waals surface area contributed by atoms with Gasteiger partial charge in [-0.15, -0.1) is 0 Å². The quantitative estimate of drug-likeness (QED) is 0.647. The van der Waals surface area contributed by atoms with Crippen molar-refractivity contribution in [1.82, 2.24) is 4.90 Å². The second kappa shape index (κ2) is 8.63. The van der Waals surface area contributed by atoms with Crippen LogP contribution in [0.4, 0.5) is 28.9 Å². The van der Waals surface area contributed by atoms with Gasteiger partial charge in [-0.05, 0) is 67.3 Å². The molecule has 0 radical (unpaired) electrons. The lowest BCUT2D eigenvalue weighted by atomic mass is 9.82. The van der Waals surface area contributed by atoms with E-state index in [9.17, 15) is 22.4 Å². The highest BCUT2D eigenvalue weighted by atomic mass is 19.4. The zero-order chi connectivity index (χ0) is 23.2. The van der Waals surface area contributed by atoms with Gasteiger partial charge in [-0.2, -0.15) is 13.2 Å². The molecule has 8 heteroatoms. The maximum atomic E-state index is 13.4. The monoisotopic (exact) mass is 461 g/mol. The summed E-state index contributed by atoms with van der Waals surface area (Å²) in [5.74, 6) is -1.15. The molecule has 1 N–H and O–H groups in total. The number of piperazine rings is 1. The number of anilines is 2. The second-order valence-corrected chi connectivity index (χ2v) is 9.34. The van der Waals surface area contributed by atoms with Crippen molar-refractivity contribution in [2.45, 2.75) is 50.4 Å². The van der Waals surface area contributed by atoms with Crippen LogP contribution < -0.4 is 10.2 Å². The van der Waals surface area contributed by atoms with Crippen LogP contribution in [0.2, 0.25) is 0 Å². The Kier molecular flexibility index (Phi) is 5.80. The minimum Gasteiger partial charge on any atom is -0.365 e. The molecule has 1 saturated carbocycles. The van der Waals surface area contributed by atoms with Gasteiger partial charge >= 0.3 is 6.18 Å². The number of halogens is 4. The van der Waals surface area contributed by atoms with E-state index in [1.807, 2.05) is 0 Å². The molecule has 0 aromatic heterocycles. The third kappa shape index (κ3) is 4.45. The molecule has 1 aliphatic carbocycles. The molecule has 0 unspecified atom stereocenters. The van der Waals surface area contributed by atoms with Crippen LogP contribution in [0.1, 0.15) is 36.8 Å². The van der Waals surface area contributed by atoms with Gasteiger partial charge in [0.05, 0.1) is 17.5 Å². The third-order valence-corrected chi connectivity index (χ3v) is 7.36. The van der Waals surface area contributed by atoms with Gasteiger partial charge in [-0.25, -0.2) is 4.39 Å². The van der Waals surface area contributed by atoms with Gasteiger partial charge < -0.3 is 10.2 Å². The Balaban J connectivity index is 1.45. The lowest BCUT2D eigenvalue weighted by molar-refractivity contribution is -0.137. The lowest BCUT2D eigenvalue weighted by Gasteiger charge is -2.50. The van der Waals surface area contributed by atoms with E-state index in [4.69, 9.17) is 0 Å². The Labute approximate surface area is 190 Å². The number of benzene rings is 2. The first-order valence-corrected chi connectivity index (χ1v) is 11.6. The molecule has 5 rings (SSSR count). The van der Waals surface area contributed by atoms with Gasteiger partial charge in [-0.1, -0.05) is 12.8 Å². The van der Waals surface area contributed by atoms with Crippen molar-refractivity contribution in [3.05, 3.63) is 59.4 Å². The van der Waals surface area contributed by atoms with Crippen LogP contribution in [0.3, 0.4) is 0 Å². The topological polar surface area (TPSA) is 35.6 Å². The van der Waals surface area contributed by atoms with Crippen LogP contribution in [0.25, 0.3) is 0 Å². The molecule has 33 heavy (non-hydrogen) atoms. The summed E-state index contributed by atoms with van der Waals surface area (Å²) >= 11 is 0. The van der Waals surface area contributed by atoms with E-state index in [0.29, 0.717) is 30.4 Å². The predicted molar refractivity (Wildman–Crippen MR) is 119 cm³/mol. The minimum absolute atomic E-state index is 0.121. The maximum Gasteiger partial charge on any atom is 0.416 e. The number of alkyl halides is 3. The standard InChI is InChI=1S/C25H27F4N3O/c26-18-6-8-19(9-7-18)30-24(33)21-14-16-13-17(25(27,28)29)5-10-22(16)32-12-11-31(15-23(21)32)20-3-1-2-4-20/h5-10,13,20-21,23H,1-4,11-12,14-15H2,(H,30,33)/t21-,23-/m0/s1. The van der Waals surface area contributed by atoms with Gasteiger partial charge in [-0.3, -0.25) is 9.69 Å². The van der Waals surface area contributed by atoms with Crippen molar-refractivity contribution >= 4 is 17.3 Å². The molecule has 2 aromatic carbocycles. The summed E-state index contributed by atoms with van der Waals surface area (Å²) < 4.78 is 53.4. The molecule has 2 atom stereocenters. The van der Waals surface area contributed by atoms with Gasteiger partial charge in [0.15, 0.2) is 0 Å². The maximum absolute atomic E-state index is 13.4. The molecule has 2 aliphatic heterocycles. The van der Waals surface area contributed by atoms with Crippen LogP contribution >= 0.6 is 0 Å². The van der Waals surface area contributed by atoms with E-state index in [1.54, 1.807) is 6.07 Å². The zero-order valence-corrected chi connectivity index (χ0v) is 18.2. The number of nitrogens with one attached hydrogen (secondary N) is 1. The number of rotatable bonds is 3. The Bertz CT molecular complexity index is 1020. The molecule has 176 valence electrons. The molecular formula is C25H27F4N3O. The first kappa shape index (κ1) is 22.2. The molecule has 2 fully saturated rings. The Morgan fingerprint density at radius 3 is 2.42 bits per heavy atom. The fourth-order valence-electron chi connectivity index (χ4n) is 5.69. The largest absolute Gasteiger partial charge is 0.416 e. The van der Waals surface area contributed by atoms with E-state index in [-0.39, 0.29) is 18.4 Å². The molecule has 2 heterocycles. The number of hydrogen-bond donors (Lipinski definition) is 1. The molecule has 0 bridgehead atoms. The summed E-state index contributed by atoms with van der Waals surface area (Å²) in [5, 5.41) is 2.86. The molecular weight excluding hydrogens is 434 g/mol. The molecule has 1 saturated heterocycles. The van der Waals surface area contributed by atoms with Crippen molar-refractivity contribution in [3.8, 4) is 0 Å². The Hall–Kier alpha value is -2.61. The van der Waals surface area contributed by atoms with Crippen molar-refractivity contribution in [2.24, 2.45) is 5.92 Å². The molecule has 2 aromatic rings. The van der Waals surface area contributed by atoms with Crippen LogP contribution in [0.5, 0.6) is 0 Å². The average Bonchev–Trinajstić information content (AvgIpc) is 3.33. The number of fused-ring (bicyclic) bond motifs is 3. The van der Waals surface area contributed by atoms with Crippen molar-refractivity contribution < 1.29 is 22.4 Å². The first-order chi connectivity index (χ1) is 15.8. The summed E-state index contributed by atoms with van der Waals surface area (Å²) in [5.41, 5.74) is 1.13. The van der Waals surface area contributed by atoms with Crippen LogP contribution in [-0.4, -0.2) is 42.5 Å². The Morgan fingerprint density at radius 1 is 1.00 bits per heavy atom. The molecule has 4 nitrogen and oxygen atoms in total. The highest BCUT2D eigenvalue weighted by Gasteiger charge is 2.44. The van der Waals surface area contributed by atoms with E-state index < -0.39 is 23.5 Å². The summed E-state index contributed by atoms with van der Waals surface area (Å²) in [7, 11) is 0. The fourth-order valence-corrected chi connectivity index (χ4v) is 5.69. The Morgan fingerprint density at radius 2 is 1.73 bits per heavy atom. The van der Waals surface area contributed by atoms with E-state index >= 15 is 0 Å². The zero-order valence-electron chi connectivity index (χ0n) is 18.2.